The lowest BCUT2D eigenvalue weighted by atomic mass is 10.1. The second-order valence-electron chi connectivity index (χ2n) is 2.64. The smallest absolute Gasteiger partial charge is 0.232 e. The van der Waals surface area contributed by atoms with Crippen LogP contribution in [-0.2, 0) is 11.3 Å². The van der Waals surface area contributed by atoms with Crippen molar-refractivity contribution in [2.24, 2.45) is 0 Å². The largest absolute Gasteiger partial charge is 0.294 e. The first-order valence-electron chi connectivity index (χ1n) is 3.72. The summed E-state index contributed by atoms with van der Waals surface area (Å²) in [6, 6.07) is 5.49. The zero-order valence-electron chi connectivity index (χ0n) is 7.03. The summed E-state index contributed by atoms with van der Waals surface area (Å²) in [5.74, 6) is -0.318. The van der Waals surface area contributed by atoms with Gasteiger partial charge in [-0.3, -0.25) is 4.55 Å². The minimum Gasteiger partial charge on any atom is -0.294 e. The maximum absolute atomic E-state index is 12.5. The highest BCUT2D eigenvalue weighted by Gasteiger charge is 2.06. The number of hydrogen-bond acceptors (Lipinski definition) is 1. The van der Waals surface area contributed by atoms with Crippen LogP contribution in [0.25, 0.3) is 0 Å². The maximum Gasteiger partial charge on any atom is 0.232 e. The molecule has 2 atom stereocenters. The predicted octanol–water partition coefficient (Wildman–Crippen LogP) is 1.61. The molecule has 0 aliphatic carbocycles. The Hall–Kier alpha value is -0.780. The van der Waals surface area contributed by atoms with Gasteiger partial charge in [0.25, 0.3) is 0 Å². The Bertz CT molecular complexity index is 302. The molecule has 0 aliphatic heterocycles. The van der Waals surface area contributed by atoms with Crippen molar-refractivity contribution in [3.63, 3.8) is 0 Å². The molecule has 0 heterocycles. The van der Waals surface area contributed by atoms with Crippen molar-refractivity contribution in [3.8, 4) is 0 Å². The standard InChI is InChI=1S/C8H10FNO2S/c1-6(10-13(11)12)7-2-4-8(9)5-3-7/h2-6,10H,1H3,(H,11,12). The minimum atomic E-state index is -2.05. The zero-order chi connectivity index (χ0) is 9.84. The van der Waals surface area contributed by atoms with Gasteiger partial charge in [0, 0.05) is 6.04 Å². The molecule has 1 rings (SSSR count). The molecule has 0 aromatic heterocycles. The molecule has 0 fully saturated rings. The lowest BCUT2D eigenvalue weighted by Crippen LogP contribution is -2.20. The quantitative estimate of drug-likeness (QED) is 0.733. The van der Waals surface area contributed by atoms with E-state index in [-0.39, 0.29) is 11.9 Å². The number of hydrogen-bond donors (Lipinski definition) is 2. The molecular formula is C8H10FNO2S. The van der Waals surface area contributed by atoms with E-state index in [1.54, 1.807) is 19.1 Å². The highest BCUT2D eigenvalue weighted by molar-refractivity contribution is 7.77. The molecule has 0 spiro atoms. The second kappa shape index (κ2) is 4.45. The zero-order valence-corrected chi connectivity index (χ0v) is 7.84. The summed E-state index contributed by atoms with van der Waals surface area (Å²) >= 11 is -2.05. The van der Waals surface area contributed by atoms with Crippen LogP contribution in [0.1, 0.15) is 18.5 Å². The van der Waals surface area contributed by atoms with Crippen LogP contribution in [0, 0.1) is 5.82 Å². The first kappa shape index (κ1) is 10.3. The Morgan fingerprint density at radius 2 is 2.00 bits per heavy atom. The van der Waals surface area contributed by atoms with Crippen LogP contribution < -0.4 is 4.72 Å². The van der Waals surface area contributed by atoms with Crippen molar-refractivity contribution in [1.29, 1.82) is 0 Å². The van der Waals surface area contributed by atoms with Crippen LogP contribution in [0.4, 0.5) is 4.39 Å². The third-order valence-electron chi connectivity index (χ3n) is 1.65. The Balaban J connectivity index is 2.71. The molecule has 0 aliphatic rings. The van der Waals surface area contributed by atoms with Gasteiger partial charge in [0.15, 0.2) is 0 Å². The van der Waals surface area contributed by atoms with Gasteiger partial charge in [0.1, 0.15) is 5.82 Å². The molecule has 5 heteroatoms. The van der Waals surface area contributed by atoms with Crippen molar-refractivity contribution < 1.29 is 13.2 Å². The molecule has 1 aromatic rings. The van der Waals surface area contributed by atoms with Crippen molar-refractivity contribution in [2.75, 3.05) is 0 Å². The van der Waals surface area contributed by atoms with E-state index < -0.39 is 11.3 Å². The molecule has 0 saturated heterocycles. The van der Waals surface area contributed by atoms with E-state index in [2.05, 4.69) is 4.72 Å². The summed E-state index contributed by atoms with van der Waals surface area (Å²) in [6.07, 6.45) is 0. The fourth-order valence-electron chi connectivity index (χ4n) is 0.971. The Morgan fingerprint density at radius 1 is 1.46 bits per heavy atom. The van der Waals surface area contributed by atoms with Gasteiger partial charge in [0.05, 0.1) is 0 Å². The van der Waals surface area contributed by atoms with Crippen molar-refractivity contribution in [3.05, 3.63) is 35.6 Å². The van der Waals surface area contributed by atoms with E-state index in [1.165, 1.54) is 12.1 Å². The summed E-state index contributed by atoms with van der Waals surface area (Å²) in [5.41, 5.74) is 0.767. The van der Waals surface area contributed by atoms with Gasteiger partial charge in [-0.05, 0) is 24.6 Å². The average molecular weight is 203 g/mol. The topological polar surface area (TPSA) is 49.3 Å². The van der Waals surface area contributed by atoms with Crippen LogP contribution >= 0.6 is 0 Å². The van der Waals surface area contributed by atoms with Gasteiger partial charge in [-0.25, -0.2) is 13.3 Å². The molecule has 2 N–H and O–H groups in total. The van der Waals surface area contributed by atoms with Gasteiger partial charge >= 0.3 is 0 Å². The van der Waals surface area contributed by atoms with Gasteiger partial charge in [-0.1, -0.05) is 12.1 Å². The number of benzene rings is 1. The van der Waals surface area contributed by atoms with Crippen LogP contribution in [0.3, 0.4) is 0 Å². The van der Waals surface area contributed by atoms with Crippen LogP contribution in [0.2, 0.25) is 0 Å². The molecular weight excluding hydrogens is 193 g/mol. The van der Waals surface area contributed by atoms with Gasteiger partial charge in [0.2, 0.25) is 11.3 Å². The fourth-order valence-corrected chi connectivity index (χ4v) is 1.41. The van der Waals surface area contributed by atoms with Gasteiger partial charge in [-0.15, -0.1) is 0 Å². The molecule has 0 saturated carbocycles. The molecule has 0 bridgehead atoms. The average Bonchev–Trinajstić information content (AvgIpc) is 2.04. The minimum absolute atomic E-state index is 0.272. The van der Waals surface area contributed by atoms with Gasteiger partial charge < -0.3 is 0 Å². The van der Waals surface area contributed by atoms with E-state index in [9.17, 15) is 8.60 Å². The first-order chi connectivity index (χ1) is 6.09. The normalized spacial score (nSPS) is 15.3. The first-order valence-corrected chi connectivity index (χ1v) is 4.83. The molecule has 3 nitrogen and oxygen atoms in total. The summed E-state index contributed by atoms with van der Waals surface area (Å²) in [6.45, 7) is 1.72. The summed E-state index contributed by atoms with van der Waals surface area (Å²) in [5, 5.41) is 0. The second-order valence-corrected chi connectivity index (χ2v) is 3.37. The number of rotatable bonds is 3. The summed E-state index contributed by atoms with van der Waals surface area (Å²) in [4.78, 5) is 0. The monoisotopic (exact) mass is 203 g/mol. The van der Waals surface area contributed by atoms with E-state index >= 15 is 0 Å². The third kappa shape index (κ3) is 3.22. The molecule has 1 aromatic carbocycles. The SMILES string of the molecule is CC(NS(=O)O)c1ccc(F)cc1. The van der Waals surface area contributed by atoms with Gasteiger partial charge in [-0.2, -0.15) is 0 Å². The summed E-state index contributed by atoms with van der Waals surface area (Å²) in [7, 11) is 0. The van der Waals surface area contributed by atoms with E-state index in [4.69, 9.17) is 4.55 Å². The van der Waals surface area contributed by atoms with Crippen LogP contribution in [0.5, 0.6) is 0 Å². The lowest BCUT2D eigenvalue weighted by molar-refractivity contribution is 0.535. The molecule has 72 valence electrons. The highest BCUT2D eigenvalue weighted by Crippen LogP contribution is 2.12. The molecule has 0 amide bonds. The Kier molecular flexibility index (Phi) is 3.53. The highest BCUT2D eigenvalue weighted by atomic mass is 32.2. The van der Waals surface area contributed by atoms with E-state index in [0.717, 1.165) is 5.56 Å². The van der Waals surface area contributed by atoms with Crippen molar-refractivity contribution in [1.82, 2.24) is 4.72 Å². The molecule has 0 radical (unpaired) electrons. The Labute approximate surface area is 78.4 Å². The number of halogens is 1. The van der Waals surface area contributed by atoms with Crippen LogP contribution in [0.15, 0.2) is 24.3 Å². The lowest BCUT2D eigenvalue weighted by Gasteiger charge is -2.10. The fraction of sp³-hybridized carbons (Fsp3) is 0.250. The van der Waals surface area contributed by atoms with Crippen molar-refractivity contribution in [2.45, 2.75) is 13.0 Å². The maximum atomic E-state index is 12.5. The molecule has 13 heavy (non-hydrogen) atoms. The number of nitrogens with one attached hydrogen (secondary N) is 1. The van der Waals surface area contributed by atoms with E-state index in [0.29, 0.717) is 0 Å². The Morgan fingerprint density at radius 3 is 2.46 bits per heavy atom. The van der Waals surface area contributed by atoms with Crippen molar-refractivity contribution >= 4 is 11.3 Å². The predicted molar refractivity (Wildman–Crippen MR) is 48.7 cm³/mol. The molecule has 2 unspecified atom stereocenters. The van der Waals surface area contributed by atoms with E-state index in [1.807, 2.05) is 0 Å². The van der Waals surface area contributed by atoms with Crippen LogP contribution in [-0.4, -0.2) is 8.76 Å². The third-order valence-corrected chi connectivity index (χ3v) is 2.20. The summed E-state index contributed by atoms with van der Waals surface area (Å²) < 4.78 is 33.8.